The standard InChI is InChI=1S/C26H37N3O6S/c1-7-35-23-13-11-22(12-14-23)29(36(6,32)33)18-25(30)28(20(4)26(31)27-16-19(2)3)17-21-9-8-10-24(15-21)34-5/h8-15,19-20H,7,16-18H2,1-6H3,(H,27,31). The van der Waals surface area contributed by atoms with Gasteiger partial charge in [-0.3, -0.25) is 13.9 Å². The van der Waals surface area contributed by atoms with Crippen molar-refractivity contribution in [2.75, 3.05) is 37.4 Å². The van der Waals surface area contributed by atoms with Crippen LogP contribution in [0.4, 0.5) is 5.69 Å². The molecule has 0 saturated heterocycles. The number of ether oxygens (including phenoxy) is 2. The summed E-state index contributed by atoms with van der Waals surface area (Å²) in [4.78, 5) is 27.8. The number of nitrogens with zero attached hydrogens (tertiary/aromatic N) is 2. The fourth-order valence-corrected chi connectivity index (χ4v) is 4.34. The lowest BCUT2D eigenvalue weighted by atomic mass is 10.1. The van der Waals surface area contributed by atoms with E-state index in [9.17, 15) is 18.0 Å². The highest BCUT2D eigenvalue weighted by Gasteiger charge is 2.30. The van der Waals surface area contributed by atoms with Crippen LogP contribution in [0.25, 0.3) is 0 Å². The first-order valence-corrected chi connectivity index (χ1v) is 13.7. The maximum Gasteiger partial charge on any atom is 0.244 e. The Labute approximate surface area is 214 Å². The van der Waals surface area contributed by atoms with Crippen molar-refractivity contribution in [1.82, 2.24) is 10.2 Å². The number of carbonyl (C=O) groups is 2. The summed E-state index contributed by atoms with van der Waals surface area (Å²) >= 11 is 0. The average molecular weight is 520 g/mol. The fraction of sp³-hybridized carbons (Fsp3) is 0.462. The number of nitrogens with one attached hydrogen (secondary N) is 1. The fourth-order valence-electron chi connectivity index (χ4n) is 3.49. The number of anilines is 1. The van der Waals surface area contributed by atoms with Crippen molar-refractivity contribution in [1.29, 1.82) is 0 Å². The van der Waals surface area contributed by atoms with Crippen molar-refractivity contribution in [3.05, 3.63) is 54.1 Å². The van der Waals surface area contributed by atoms with Crippen molar-refractivity contribution in [3.63, 3.8) is 0 Å². The van der Waals surface area contributed by atoms with Gasteiger partial charge in [0.2, 0.25) is 21.8 Å². The summed E-state index contributed by atoms with van der Waals surface area (Å²) in [6, 6.07) is 12.8. The van der Waals surface area contributed by atoms with Crippen LogP contribution in [0.5, 0.6) is 11.5 Å². The highest BCUT2D eigenvalue weighted by Crippen LogP contribution is 2.23. The van der Waals surface area contributed by atoms with Crippen molar-refractivity contribution in [2.45, 2.75) is 40.3 Å². The number of benzene rings is 2. The first-order valence-electron chi connectivity index (χ1n) is 11.9. The van der Waals surface area contributed by atoms with Crippen LogP contribution in [-0.4, -0.2) is 64.2 Å². The quantitative estimate of drug-likeness (QED) is 0.436. The second kappa shape index (κ2) is 13.2. The molecule has 0 heterocycles. The van der Waals surface area contributed by atoms with Gasteiger partial charge >= 0.3 is 0 Å². The van der Waals surface area contributed by atoms with Crippen LogP contribution in [0, 0.1) is 5.92 Å². The first-order chi connectivity index (χ1) is 17.0. The van der Waals surface area contributed by atoms with Crippen LogP contribution in [0.3, 0.4) is 0 Å². The molecule has 1 atom stereocenters. The summed E-state index contributed by atoms with van der Waals surface area (Å²) in [6.07, 6.45) is 1.04. The summed E-state index contributed by atoms with van der Waals surface area (Å²) < 4.78 is 37.0. The van der Waals surface area contributed by atoms with Gasteiger partial charge in [0, 0.05) is 13.1 Å². The molecule has 2 amide bonds. The molecule has 2 aromatic rings. The molecule has 9 nitrogen and oxygen atoms in total. The van der Waals surface area contributed by atoms with E-state index in [4.69, 9.17) is 9.47 Å². The molecular formula is C26H37N3O6S. The lowest BCUT2D eigenvalue weighted by Crippen LogP contribution is -2.51. The van der Waals surface area contributed by atoms with Crippen LogP contribution >= 0.6 is 0 Å². The Morgan fingerprint density at radius 2 is 1.69 bits per heavy atom. The van der Waals surface area contributed by atoms with E-state index in [0.29, 0.717) is 30.3 Å². The summed E-state index contributed by atoms with van der Waals surface area (Å²) in [7, 11) is -2.25. The minimum Gasteiger partial charge on any atom is -0.497 e. The molecule has 0 fully saturated rings. The highest BCUT2D eigenvalue weighted by atomic mass is 32.2. The Bertz CT molecular complexity index is 1120. The Hall–Kier alpha value is -3.27. The summed E-state index contributed by atoms with van der Waals surface area (Å²) in [5.74, 6) is 0.625. The van der Waals surface area contributed by atoms with E-state index in [1.165, 1.54) is 4.90 Å². The first kappa shape index (κ1) is 29.0. The molecule has 0 spiro atoms. The van der Waals surface area contributed by atoms with Crippen LogP contribution < -0.4 is 19.1 Å². The van der Waals surface area contributed by atoms with E-state index in [-0.39, 0.29) is 18.4 Å². The number of hydrogen-bond acceptors (Lipinski definition) is 6. The van der Waals surface area contributed by atoms with E-state index < -0.39 is 28.5 Å². The molecule has 198 valence electrons. The van der Waals surface area contributed by atoms with Gasteiger partial charge in [0.25, 0.3) is 0 Å². The molecule has 1 N–H and O–H groups in total. The van der Waals surface area contributed by atoms with Gasteiger partial charge in [-0.15, -0.1) is 0 Å². The Kier molecular flexibility index (Phi) is 10.6. The number of carbonyl (C=O) groups excluding carboxylic acids is 2. The zero-order valence-corrected chi connectivity index (χ0v) is 22.7. The second-order valence-electron chi connectivity index (χ2n) is 8.88. The minimum atomic E-state index is -3.80. The summed E-state index contributed by atoms with van der Waals surface area (Å²) in [6.45, 7) is 8.03. The van der Waals surface area contributed by atoms with Crippen molar-refractivity contribution in [3.8, 4) is 11.5 Å². The SMILES string of the molecule is CCOc1ccc(N(CC(=O)N(Cc2cccc(OC)c2)C(C)C(=O)NCC(C)C)S(C)(=O)=O)cc1. The smallest absolute Gasteiger partial charge is 0.244 e. The summed E-state index contributed by atoms with van der Waals surface area (Å²) in [5, 5.41) is 2.86. The number of rotatable bonds is 13. The van der Waals surface area contributed by atoms with E-state index in [1.54, 1.807) is 56.5 Å². The molecule has 0 aliphatic rings. The number of hydrogen-bond donors (Lipinski definition) is 1. The van der Waals surface area contributed by atoms with E-state index in [2.05, 4.69) is 5.32 Å². The maximum absolute atomic E-state index is 13.6. The van der Waals surface area contributed by atoms with E-state index in [0.717, 1.165) is 16.1 Å². The monoisotopic (exact) mass is 519 g/mol. The maximum atomic E-state index is 13.6. The third kappa shape index (κ3) is 8.44. The molecular weight excluding hydrogens is 482 g/mol. The molecule has 0 radical (unpaired) electrons. The number of sulfonamides is 1. The largest absolute Gasteiger partial charge is 0.497 e. The Morgan fingerprint density at radius 3 is 2.25 bits per heavy atom. The van der Waals surface area contributed by atoms with Gasteiger partial charge in [-0.05, 0) is 61.7 Å². The van der Waals surface area contributed by atoms with E-state index in [1.807, 2.05) is 26.8 Å². The zero-order valence-electron chi connectivity index (χ0n) is 21.9. The topological polar surface area (TPSA) is 105 Å². The van der Waals surface area contributed by atoms with Gasteiger partial charge in [0.1, 0.15) is 24.1 Å². The van der Waals surface area contributed by atoms with Crippen LogP contribution in [0.15, 0.2) is 48.5 Å². The van der Waals surface area contributed by atoms with Crippen molar-refractivity contribution < 1.29 is 27.5 Å². The van der Waals surface area contributed by atoms with Gasteiger partial charge in [-0.2, -0.15) is 0 Å². The predicted molar refractivity (Wildman–Crippen MR) is 141 cm³/mol. The predicted octanol–water partition coefficient (Wildman–Crippen LogP) is 3.05. The normalized spacial score (nSPS) is 12.1. The lowest BCUT2D eigenvalue weighted by Gasteiger charge is -2.31. The average Bonchev–Trinajstić information content (AvgIpc) is 2.84. The summed E-state index contributed by atoms with van der Waals surface area (Å²) in [5.41, 5.74) is 1.07. The minimum absolute atomic E-state index is 0.104. The molecule has 2 aromatic carbocycles. The van der Waals surface area contributed by atoms with E-state index >= 15 is 0 Å². The highest BCUT2D eigenvalue weighted by molar-refractivity contribution is 7.92. The molecule has 10 heteroatoms. The Morgan fingerprint density at radius 1 is 1.03 bits per heavy atom. The molecule has 0 bridgehead atoms. The van der Waals surface area contributed by atoms with Gasteiger partial charge < -0.3 is 19.7 Å². The number of methoxy groups -OCH3 is 1. The third-order valence-corrected chi connectivity index (χ3v) is 6.59. The molecule has 36 heavy (non-hydrogen) atoms. The van der Waals surface area contributed by atoms with Gasteiger partial charge in [-0.1, -0.05) is 26.0 Å². The molecule has 0 aliphatic heterocycles. The zero-order chi connectivity index (χ0) is 26.9. The van der Waals surface area contributed by atoms with Gasteiger partial charge in [-0.25, -0.2) is 8.42 Å². The third-order valence-electron chi connectivity index (χ3n) is 5.45. The van der Waals surface area contributed by atoms with Crippen LogP contribution in [-0.2, 0) is 26.2 Å². The molecule has 2 rings (SSSR count). The molecule has 0 aliphatic carbocycles. The Balaban J connectivity index is 2.36. The lowest BCUT2D eigenvalue weighted by molar-refractivity contribution is -0.139. The second-order valence-corrected chi connectivity index (χ2v) is 10.8. The number of amides is 2. The van der Waals surface area contributed by atoms with Crippen LogP contribution in [0.2, 0.25) is 0 Å². The van der Waals surface area contributed by atoms with Gasteiger partial charge in [0.05, 0.1) is 25.7 Å². The van der Waals surface area contributed by atoms with Crippen molar-refractivity contribution >= 4 is 27.5 Å². The van der Waals surface area contributed by atoms with Gasteiger partial charge in [0.15, 0.2) is 0 Å². The van der Waals surface area contributed by atoms with Crippen molar-refractivity contribution in [2.24, 2.45) is 5.92 Å². The molecule has 1 unspecified atom stereocenters. The van der Waals surface area contributed by atoms with Crippen LogP contribution in [0.1, 0.15) is 33.3 Å². The molecule has 0 saturated carbocycles. The molecule has 0 aromatic heterocycles.